The van der Waals surface area contributed by atoms with Crippen LogP contribution < -0.4 is 5.32 Å². The molecular formula is C18H23N3O4S. The summed E-state index contributed by atoms with van der Waals surface area (Å²) < 4.78 is 28.6. The summed E-state index contributed by atoms with van der Waals surface area (Å²) >= 11 is 0. The molecule has 1 N–H and O–H groups in total. The Morgan fingerprint density at radius 3 is 2.73 bits per heavy atom. The number of benzene rings is 1. The minimum Gasteiger partial charge on any atom is -0.383 e. The van der Waals surface area contributed by atoms with Gasteiger partial charge in [-0.15, -0.1) is 0 Å². The van der Waals surface area contributed by atoms with Gasteiger partial charge in [0.05, 0.1) is 18.1 Å². The van der Waals surface area contributed by atoms with Crippen LogP contribution in [-0.4, -0.2) is 57.0 Å². The molecule has 1 aromatic rings. The van der Waals surface area contributed by atoms with Gasteiger partial charge in [0, 0.05) is 32.4 Å². The van der Waals surface area contributed by atoms with E-state index in [1.165, 1.54) is 6.20 Å². The molecule has 0 aliphatic carbocycles. The number of nitrogens with one attached hydrogen (secondary N) is 1. The number of hydrogen-bond acceptors (Lipinski definition) is 6. The van der Waals surface area contributed by atoms with Crippen LogP contribution in [0.15, 0.2) is 42.1 Å². The van der Waals surface area contributed by atoms with Gasteiger partial charge in [0.25, 0.3) is 5.91 Å². The number of nitriles is 1. The highest BCUT2D eigenvalue weighted by Gasteiger charge is 2.31. The summed E-state index contributed by atoms with van der Waals surface area (Å²) in [6.45, 7) is 1.10. The van der Waals surface area contributed by atoms with Gasteiger partial charge in [0.2, 0.25) is 0 Å². The lowest BCUT2D eigenvalue weighted by Gasteiger charge is -2.26. The van der Waals surface area contributed by atoms with E-state index in [4.69, 9.17) is 4.74 Å². The van der Waals surface area contributed by atoms with Crippen molar-refractivity contribution in [3.05, 3.63) is 47.7 Å². The number of nitrogens with zero attached hydrogens (tertiary/aromatic N) is 2. The molecule has 1 fully saturated rings. The lowest BCUT2D eigenvalue weighted by atomic mass is 10.2. The van der Waals surface area contributed by atoms with Crippen molar-refractivity contribution in [1.29, 1.82) is 5.26 Å². The number of amides is 1. The molecule has 0 saturated carbocycles. The standard InChI is InChI=1S/C18H23N3O4S/c1-25-9-8-21(17-7-10-26(23,24)14-17)13-16(11-19)18(22)20-12-15-5-3-2-4-6-15/h2-6,13,17H,7-10,12,14H2,1H3,(H,20,22)/b16-13-. The Labute approximate surface area is 154 Å². The van der Waals surface area contributed by atoms with Crippen molar-refractivity contribution in [3.63, 3.8) is 0 Å². The average molecular weight is 377 g/mol. The highest BCUT2D eigenvalue weighted by Crippen LogP contribution is 2.19. The van der Waals surface area contributed by atoms with E-state index in [-0.39, 0.29) is 23.1 Å². The summed E-state index contributed by atoms with van der Waals surface area (Å²) in [5.74, 6) is -0.339. The first kappa shape index (κ1) is 19.9. The predicted molar refractivity (Wildman–Crippen MR) is 97.6 cm³/mol. The zero-order chi connectivity index (χ0) is 19.0. The van der Waals surface area contributed by atoms with Crippen molar-refractivity contribution in [2.45, 2.75) is 19.0 Å². The van der Waals surface area contributed by atoms with Gasteiger partial charge in [-0.25, -0.2) is 8.42 Å². The third kappa shape index (κ3) is 5.86. The molecular weight excluding hydrogens is 354 g/mol. The van der Waals surface area contributed by atoms with Gasteiger partial charge in [-0.05, 0) is 12.0 Å². The van der Waals surface area contributed by atoms with Gasteiger partial charge in [-0.3, -0.25) is 4.79 Å². The van der Waals surface area contributed by atoms with Gasteiger partial charge in [0.15, 0.2) is 9.84 Å². The molecule has 26 heavy (non-hydrogen) atoms. The Morgan fingerprint density at radius 2 is 2.15 bits per heavy atom. The maximum absolute atomic E-state index is 12.3. The van der Waals surface area contributed by atoms with Crippen molar-refractivity contribution in [1.82, 2.24) is 10.2 Å². The fraction of sp³-hybridized carbons (Fsp3) is 0.444. The molecule has 7 nitrogen and oxygen atoms in total. The van der Waals surface area contributed by atoms with Gasteiger partial charge >= 0.3 is 0 Å². The van der Waals surface area contributed by atoms with E-state index in [0.29, 0.717) is 26.1 Å². The van der Waals surface area contributed by atoms with Crippen LogP contribution in [0.2, 0.25) is 0 Å². The van der Waals surface area contributed by atoms with Crippen LogP contribution in [0, 0.1) is 11.3 Å². The van der Waals surface area contributed by atoms with Crippen LogP contribution in [0.4, 0.5) is 0 Å². The summed E-state index contributed by atoms with van der Waals surface area (Å²) in [4.78, 5) is 14.1. The highest BCUT2D eigenvalue weighted by molar-refractivity contribution is 7.91. The highest BCUT2D eigenvalue weighted by atomic mass is 32.2. The number of ether oxygens (including phenoxy) is 1. The summed E-state index contributed by atoms with van der Waals surface area (Å²) in [5.41, 5.74) is 0.873. The van der Waals surface area contributed by atoms with Crippen molar-refractivity contribution >= 4 is 15.7 Å². The minimum atomic E-state index is -3.07. The zero-order valence-corrected chi connectivity index (χ0v) is 15.5. The van der Waals surface area contributed by atoms with Crippen LogP contribution in [-0.2, 0) is 25.9 Å². The smallest absolute Gasteiger partial charge is 0.263 e. The lowest BCUT2D eigenvalue weighted by molar-refractivity contribution is -0.117. The summed E-state index contributed by atoms with van der Waals surface area (Å²) in [6.07, 6.45) is 1.93. The molecule has 1 unspecified atom stereocenters. The lowest BCUT2D eigenvalue weighted by Crippen LogP contribution is -2.36. The topological polar surface area (TPSA) is 99.5 Å². The van der Waals surface area contributed by atoms with E-state index in [9.17, 15) is 18.5 Å². The van der Waals surface area contributed by atoms with E-state index in [0.717, 1.165) is 5.56 Å². The van der Waals surface area contributed by atoms with Gasteiger partial charge in [-0.1, -0.05) is 30.3 Å². The van der Waals surface area contributed by atoms with Crippen molar-refractivity contribution < 1.29 is 17.9 Å². The number of hydrogen-bond donors (Lipinski definition) is 1. The van der Waals surface area contributed by atoms with Crippen LogP contribution in [0.5, 0.6) is 0 Å². The number of methoxy groups -OCH3 is 1. The molecule has 1 amide bonds. The Balaban J connectivity index is 2.08. The first-order valence-corrected chi connectivity index (χ1v) is 10.2. The molecule has 1 aromatic carbocycles. The van der Waals surface area contributed by atoms with Crippen LogP contribution in [0.25, 0.3) is 0 Å². The third-order valence-corrected chi connectivity index (χ3v) is 5.94. The number of carbonyl (C=O) groups excluding carboxylic acids is 1. The van der Waals surface area contributed by atoms with Crippen molar-refractivity contribution in [3.8, 4) is 6.07 Å². The largest absolute Gasteiger partial charge is 0.383 e. The number of rotatable bonds is 8. The molecule has 1 aliphatic rings. The van der Waals surface area contributed by atoms with Crippen LogP contribution in [0.1, 0.15) is 12.0 Å². The maximum atomic E-state index is 12.3. The Kier molecular flexibility index (Phi) is 7.18. The van der Waals surface area contributed by atoms with Crippen LogP contribution in [0.3, 0.4) is 0 Å². The molecule has 0 spiro atoms. The average Bonchev–Trinajstić information content (AvgIpc) is 3.00. The number of sulfone groups is 1. The Morgan fingerprint density at radius 1 is 1.42 bits per heavy atom. The fourth-order valence-corrected chi connectivity index (χ4v) is 4.51. The van der Waals surface area contributed by atoms with E-state index in [1.54, 1.807) is 12.0 Å². The minimum absolute atomic E-state index is 0.0254. The van der Waals surface area contributed by atoms with Gasteiger partial charge in [-0.2, -0.15) is 5.26 Å². The van der Waals surface area contributed by atoms with Gasteiger partial charge in [0.1, 0.15) is 11.6 Å². The van der Waals surface area contributed by atoms with E-state index < -0.39 is 15.7 Å². The second kappa shape index (κ2) is 9.36. The Hall–Kier alpha value is -2.37. The molecule has 2 rings (SSSR count). The Bertz CT molecular complexity index is 784. The molecule has 8 heteroatoms. The predicted octanol–water partition coefficient (Wildman–Crippen LogP) is 0.846. The summed E-state index contributed by atoms with van der Waals surface area (Å²) in [7, 11) is -1.52. The van der Waals surface area contributed by atoms with Crippen molar-refractivity contribution in [2.75, 3.05) is 31.8 Å². The fourth-order valence-electron chi connectivity index (χ4n) is 2.76. The molecule has 1 heterocycles. The molecule has 0 aromatic heterocycles. The second-order valence-electron chi connectivity index (χ2n) is 6.11. The summed E-state index contributed by atoms with van der Waals surface area (Å²) in [6, 6.07) is 11.0. The van der Waals surface area contributed by atoms with E-state index in [2.05, 4.69) is 5.32 Å². The van der Waals surface area contributed by atoms with E-state index >= 15 is 0 Å². The maximum Gasteiger partial charge on any atom is 0.263 e. The SMILES string of the molecule is COCCN(/C=C(/C#N)C(=O)NCc1ccccc1)C1CCS(=O)(=O)C1. The number of carbonyl (C=O) groups is 1. The normalized spacial score (nSPS) is 18.9. The molecule has 1 aliphatic heterocycles. The monoisotopic (exact) mass is 377 g/mol. The van der Waals surface area contributed by atoms with Gasteiger partial charge < -0.3 is 15.0 Å². The van der Waals surface area contributed by atoms with E-state index in [1.807, 2.05) is 36.4 Å². The molecule has 0 bridgehead atoms. The molecule has 140 valence electrons. The zero-order valence-electron chi connectivity index (χ0n) is 14.7. The quantitative estimate of drug-likeness (QED) is 0.532. The molecule has 1 saturated heterocycles. The van der Waals surface area contributed by atoms with Crippen molar-refractivity contribution in [2.24, 2.45) is 0 Å². The molecule has 1 atom stereocenters. The third-order valence-electron chi connectivity index (χ3n) is 4.19. The first-order chi connectivity index (χ1) is 12.4. The molecule has 0 radical (unpaired) electrons. The second-order valence-corrected chi connectivity index (χ2v) is 8.34. The first-order valence-electron chi connectivity index (χ1n) is 8.34. The van der Waals surface area contributed by atoms with Crippen LogP contribution >= 0.6 is 0 Å². The summed E-state index contributed by atoms with van der Waals surface area (Å²) in [5, 5.41) is 12.1.